The zero-order valence-electron chi connectivity index (χ0n) is 7.64. The van der Waals surface area contributed by atoms with E-state index in [4.69, 9.17) is 5.73 Å². The van der Waals surface area contributed by atoms with Crippen LogP contribution in [0.1, 0.15) is 28.4 Å². The number of carbonyl (C=O) groups is 1. The van der Waals surface area contributed by atoms with Crippen LogP contribution < -0.4 is 5.73 Å². The van der Waals surface area contributed by atoms with E-state index in [1.54, 1.807) is 6.92 Å². The van der Waals surface area contributed by atoms with Crippen LogP contribution in [0.2, 0.25) is 0 Å². The van der Waals surface area contributed by atoms with Gasteiger partial charge in [-0.1, -0.05) is 6.07 Å². The van der Waals surface area contributed by atoms with Gasteiger partial charge >= 0.3 is 0 Å². The van der Waals surface area contributed by atoms with Crippen LogP contribution in [0.4, 0.5) is 5.69 Å². The average molecular weight is 163 g/mol. The number of nitrogens with two attached hydrogens (primary N) is 1. The van der Waals surface area contributed by atoms with E-state index in [9.17, 15) is 4.79 Å². The monoisotopic (exact) mass is 163 g/mol. The van der Waals surface area contributed by atoms with Crippen LogP contribution >= 0.6 is 0 Å². The Morgan fingerprint density at radius 3 is 2.33 bits per heavy atom. The van der Waals surface area contributed by atoms with Crippen molar-refractivity contribution in [2.75, 3.05) is 5.73 Å². The summed E-state index contributed by atoms with van der Waals surface area (Å²) in [7, 11) is 0. The van der Waals surface area contributed by atoms with Gasteiger partial charge in [-0.3, -0.25) is 4.79 Å². The topological polar surface area (TPSA) is 43.1 Å². The molecule has 12 heavy (non-hydrogen) atoms. The molecular weight excluding hydrogens is 150 g/mol. The molecule has 0 amide bonds. The van der Waals surface area contributed by atoms with Crippen molar-refractivity contribution >= 4 is 11.5 Å². The number of ketones is 1. The first kappa shape index (κ1) is 8.78. The smallest absolute Gasteiger partial charge is 0.160 e. The van der Waals surface area contributed by atoms with Crippen molar-refractivity contribution in [1.82, 2.24) is 0 Å². The first-order valence-corrected chi connectivity index (χ1v) is 3.90. The molecular formula is C10H13NO. The fourth-order valence-electron chi connectivity index (χ4n) is 1.40. The zero-order chi connectivity index (χ0) is 9.30. The molecule has 0 fully saturated rings. The maximum atomic E-state index is 11.2. The highest BCUT2D eigenvalue weighted by atomic mass is 16.1. The van der Waals surface area contributed by atoms with E-state index >= 15 is 0 Å². The second-order valence-electron chi connectivity index (χ2n) is 3.03. The minimum Gasteiger partial charge on any atom is -0.398 e. The van der Waals surface area contributed by atoms with Crippen molar-refractivity contribution in [1.29, 1.82) is 0 Å². The third-order valence-electron chi connectivity index (χ3n) is 2.07. The molecule has 0 atom stereocenters. The van der Waals surface area contributed by atoms with E-state index in [0.717, 1.165) is 16.7 Å². The summed E-state index contributed by atoms with van der Waals surface area (Å²) in [6, 6.07) is 3.70. The van der Waals surface area contributed by atoms with Crippen LogP contribution in [0.5, 0.6) is 0 Å². The highest BCUT2D eigenvalue weighted by molar-refractivity contribution is 5.98. The number of hydrogen-bond donors (Lipinski definition) is 1. The quantitative estimate of drug-likeness (QED) is 0.509. The van der Waals surface area contributed by atoms with Crippen molar-refractivity contribution in [3.05, 3.63) is 28.8 Å². The maximum absolute atomic E-state index is 11.2. The lowest BCUT2D eigenvalue weighted by molar-refractivity contribution is 0.101. The van der Waals surface area contributed by atoms with Gasteiger partial charge in [0.25, 0.3) is 0 Å². The Kier molecular flexibility index (Phi) is 2.18. The SMILES string of the molecule is CC(=O)c1c(C)ccc(N)c1C. The maximum Gasteiger partial charge on any atom is 0.160 e. The van der Waals surface area contributed by atoms with Crippen LogP contribution in [-0.2, 0) is 0 Å². The molecule has 2 heteroatoms. The summed E-state index contributed by atoms with van der Waals surface area (Å²) in [5.74, 6) is 0.0808. The van der Waals surface area contributed by atoms with Crippen LogP contribution in [0.25, 0.3) is 0 Å². The number of Topliss-reactive ketones (excluding diaryl/α,β-unsaturated/α-hetero) is 1. The van der Waals surface area contributed by atoms with Crippen molar-refractivity contribution in [3.8, 4) is 0 Å². The van der Waals surface area contributed by atoms with Crippen LogP contribution in [-0.4, -0.2) is 5.78 Å². The Bertz CT molecular complexity index is 329. The number of carbonyl (C=O) groups excluding carboxylic acids is 1. The number of nitrogen functional groups attached to an aromatic ring is 1. The summed E-state index contributed by atoms with van der Waals surface area (Å²) in [4.78, 5) is 11.2. The van der Waals surface area contributed by atoms with E-state index in [2.05, 4.69) is 0 Å². The van der Waals surface area contributed by atoms with Gasteiger partial charge in [0.2, 0.25) is 0 Å². The van der Waals surface area contributed by atoms with E-state index < -0.39 is 0 Å². The van der Waals surface area contributed by atoms with Gasteiger partial charge in [-0.25, -0.2) is 0 Å². The third-order valence-corrected chi connectivity index (χ3v) is 2.07. The molecule has 0 aromatic heterocycles. The van der Waals surface area contributed by atoms with Gasteiger partial charge in [-0.2, -0.15) is 0 Å². The molecule has 1 rings (SSSR count). The fraction of sp³-hybridized carbons (Fsp3) is 0.300. The molecule has 0 aliphatic rings. The molecule has 0 bridgehead atoms. The molecule has 2 N–H and O–H groups in total. The van der Waals surface area contributed by atoms with Crippen LogP contribution in [0.3, 0.4) is 0 Å². The Labute approximate surface area is 72.4 Å². The third kappa shape index (κ3) is 1.33. The summed E-state index contributed by atoms with van der Waals surface area (Å²) in [6.45, 7) is 5.36. The first-order chi connectivity index (χ1) is 5.54. The van der Waals surface area contributed by atoms with E-state index in [-0.39, 0.29) is 5.78 Å². The molecule has 0 heterocycles. The Balaban J connectivity index is 3.43. The molecule has 2 nitrogen and oxygen atoms in total. The lowest BCUT2D eigenvalue weighted by Crippen LogP contribution is -2.02. The number of anilines is 1. The van der Waals surface area contributed by atoms with Gasteiger partial charge in [0.1, 0.15) is 0 Å². The van der Waals surface area contributed by atoms with Gasteiger partial charge in [0.15, 0.2) is 5.78 Å². The number of benzene rings is 1. The van der Waals surface area contributed by atoms with Crippen molar-refractivity contribution in [3.63, 3.8) is 0 Å². The van der Waals surface area contributed by atoms with Crippen molar-refractivity contribution < 1.29 is 4.79 Å². The second kappa shape index (κ2) is 2.97. The molecule has 0 saturated carbocycles. The van der Waals surface area contributed by atoms with Gasteiger partial charge in [-0.05, 0) is 38.0 Å². The summed E-state index contributed by atoms with van der Waals surface area (Å²) >= 11 is 0. The largest absolute Gasteiger partial charge is 0.398 e. The van der Waals surface area contributed by atoms with Crippen molar-refractivity contribution in [2.24, 2.45) is 0 Å². The average Bonchev–Trinajstić information content (AvgIpc) is 1.97. The molecule has 0 aliphatic heterocycles. The molecule has 64 valence electrons. The minimum atomic E-state index is 0.0808. The fourth-order valence-corrected chi connectivity index (χ4v) is 1.40. The summed E-state index contributed by atoms with van der Waals surface area (Å²) in [6.07, 6.45) is 0. The summed E-state index contributed by atoms with van der Waals surface area (Å²) in [5.41, 5.74) is 9.01. The highest BCUT2D eigenvalue weighted by Gasteiger charge is 2.08. The van der Waals surface area contributed by atoms with E-state index in [0.29, 0.717) is 5.69 Å². The van der Waals surface area contributed by atoms with Gasteiger partial charge in [-0.15, -0.1) is 0 Å². The Morgan fingerprint density at radius 1 is 1.33 bits per heavy atom. The molecule has 0 saturated heterocycles. The van der Waals surface area contributed by atoms with Crippen LogP contribution in [0.15, 0.2) is 12.1 Å². The second-order valence-corrected chi connectivity index (χ2v) is 3.03. The van der Waals surface area contributed by atoms with Crippen molar-refractivity contribution in [2.45, 2.75) is 20.8 Å². The molecule has 0 aliphatic carbocycles. The van der Waals surface area contributed by atoms with Gasteiger partial charge in [0, 0.05) is 11.3 Å². The molecule has 1 aromatic carbocycles. The van der Waals surface area contributed by atoms with Gasteiger partial charge < -0.3 is 5.73 Å². The lowest BCUT2D eigenvalue weighted by atomic mass is 9.98. The lowest BCUT2D eigenvalue weighted by Gasteiger charge is -2.08. The molecule has 0 unspecified atom stereocenters. The predicted molar refractivity (Wildman–Crippen MR) is 50.3 cm³/mol. The Morgan fingerprint density at radius 2 is 1.92 bits per heavy atom. The van der Waals surface area contributed by atoms with E-state index in [1.807, 2.05) is 26.0 Å². The number of rotatable bonds is 1. The minimum absolute atomic E-state index is 0.0808. The predicted octanol–water partition coefficient (Wildman–Crippen LogP) is 2.09. The summed E-state index contributed by atoms with van der Waals surface area (Å²) < 4.78 is 0. The van der Waals surface area contributed by atoms with E-state index in [1.165, 1.54) is 0 Å². The molecule has 0 spiro atoms. The molecule has 0 radical (unpaired) electrons. The van der Waals surface area contributed by atoms with Gasteiger partial charge in [0.05, 0.1) is 0 Å². The standard InChI is InChI=1S/C10H13NO/c1-6-4-5-9(11)7(2)10(6)8(3)12/h4-5H,11H2,1-3H3. The molecule has 1 aromatic rings. The number of hydrogen-bond acceptors (Lipinski definition) is 2. The zero-order valence-corrected chi connectivity index (χ0v) is 7.64. The highest BCUT2D eigenvalue weighted by Crippen LogP contribution is 2.19. The summed E-state index contributed by atoms with van der Waals surface area (Å²) in [5, 5.41) is 0. The Hall–Kier alpha value is -1.31. The normalized spacial score (nSPS) is 9.92. The number of aryl methyl sites for hydroxylation is 1. The van der Waals surface area contributed by atoms with Crippen LogP contribution in [0, 0.1) is 13.8 Å². The first-order valence-electron chi connectivity index (χ1n) is 3.90.